The van der Waals surface area contributed by atoms with Crippen LogP contribution in [0.3, 0.4) is 0 Å². The van der Waals surface area contributed by atoms with Crippen molar-refractivity contribution in [1.82, 2.24) is 0 Å². The molecular weight excluding hydrogens is 226 g/mol. The number of benzene rings is 1. The van der Waals surface area contributed by atoms with Gasteiger partial charge >= 0.3 is 0 Å². The lowest BCUT2D eigenvalue weighted by molar-refractivity contribution is 0.514. The SMILES string of the molecule is CCc1ccc(C(C(N)=S)C2CCCC2)cc1. The zero-order chi connectivity index (χ0) is 12.3. The van der Waals surface area contributed by atoms with E-state index in [1.54, 1.807) is 0 Å². The second-order valence-electron chi connectivity index (χ2n) is 5.02. The quantitative estimate of drug-likeness (QED) is 0.819. The van der Waals surface area contributed by atoms with E-state index < -0.39 is 0 Å². The first kappa shape index (κ1) is 12.6. The third kappa shape index (κ3) is 2.86. The fourth-order valence-electron chi connectivity index (χ4n) is 2.92. The van der Waals surface area contributed by atoms with Gasteiger partial charge in [0.1, 0.15) is 0 Å². The second kappa shape index (κ2) is 5.63. The van der Waals surface area contributed by atoms with Gasteiger partial charge in [0.2, 0.25) is 0 Å². The molecular formula is C15H21NS. The van der Waals surface area contributed by atoms with Gasteiger partial charge in [-0.2, -0.15) is 0 Å². The molecule has 0 aromatic heterocycles. The predicted octanol–water partition coefficient (Wildman–Crippen LogP) is 3.81. The highest BCUT2D eigenvalue weighted by Crippen LogP contribution is 2.37. The van der Waals surface area contributed by atoms with E-state index in [0.717, 1.165) is 6.42 Å². The Kier molecular flexibility index (Phi) is 4.16. The van der Waals surface area contributed by atoms with Crippen LogP contribution in [-0.2, 0) is 6.42 Å². The Labute approximate surface area is 109 Å². The maximum Gasteiger partial charge on any atom is 0.0806 e. The summed E-state index contributed by atoms with van der Waals surface area (Å²) in [5, 5.41) is 0. The lowest BCUT2D eigenvalue weighted by Gasteiger charge is -2.22. The molecule has 1 aliphatic rings. The molecule has 0 bridgehead atoms. The standard InChI is InChI=1S/C15H21NS/c1-2-11-7-9-13(10-8-11)14(15(16)17)12-5-3-4-6-12/h7-10,12,14H,2-6H2,1H3,(H2,16,17). The first-order valence-corrected chi connectivity index (χ1v) is 7.01. The number of nitrogens with two attached hydrogens (primary N) is 1. The van der Waals surface area contributed by atoms with Crippen LogP contribution in [0.25, 0.3) is 0 Å². The minimum absolute atomic E-state index is 0.290. The van der Waals surface area contributed by atoms with Crippen molar-refractivity contribution in [2.45, 2.75) is 44.9 Å². The summed E-state index contributed by atoms with van der Waals surface area (Å²) >= 11 is 5.27. The van der Waals surface area contributed by atoms with E-state index in [-0.39, 0.29) is 0 Å². The number of rotatable bonds is 4. The Morgan fingerprint density at radius 2 is 1.88 bits per heavy atom. The lowest BCUT2D eigenvalue weighted by Crippen LogP contribution is -2.25. The first-order valence-electron chi connectivity index (χ1n) is 6.60. The van der Waals surface area contributed by atoms with Gasteiger partial charge < -0.3 is 5.73 Å². The van der Waals surface area contributed by atoms with Crippen LogP contribution in [0.15, 0.2) is 24.3 Å². The van der Waals surface area contributed by atoms with Crippen LogP contribution in [0, 0.1) is 5.92 Å². The van der Waals surface area contributed by atoms with Gasteiger partial charge in [-0.05, 0) is 36.3 Å². The minimum Gasteiger partial charge on any atom is -0.393 e. The summed E-state index contributed by atoms with van der Waals surface area (Å²) in [7, 11) is 0. The van der Waals surface area contributed by atoms with E-state index in [0.29, 0.717) is 16.8 Å². The summed E-state index contributed by atoms with van der Waals surface area (Å²) in [6, 6.07) is 8.83. The smallest absolute Gasteiger partial charge is 0.0806 e. The molecule has 2 heteroatoms. The van der Waals surface area contributed by atoms with E-state index in [9.17, 15) is 0 Å². The van der Waals surface area contributed by atoms with E-state index in [2.05, 4.69) is 31.2 Å². The maximum atomic E-state index is 5.95. The van der Waals surface area contributed by atoms with E-state index in [4.69, 9.17) is 18.0 Å². The topological polar surface area (TPSA) is 26.0 Å². The van der Waals surface area contributed by atoms with Crippen molar-refractivity contribution in [3.8, 4) is 0 Å². The molecule has 0 heterocycles. The summed E-state index contributed by atoms with van der Waals surface area (Å²) < 4.78 is 0. The average molecular weight is 247 g/mol. The molecule has 1 nitrogen and oxygen atoms in total. The lowest BCUT2D eigenvalue weighted by atomic mass is 9.84. The van der Waals surface area contributed by atoms with E-state index >= 15 is 0 Å². The minimum atomic E-state index is 0.290. The molecule has 1 saturated carbocycles. The zero-order valence-electron chi connectivity index (χ0n) is 10.5. The fraction of sp³-hybridized carbons (Fsp3) is 0.533. The summed E-state index contributed by atoms with van der Waals surface area (Å²) in [6.45, 7) is 2.18. The van der Waals surface area contributed by atoms with Crippen molar-refractivity contribution in [2.75, 3.05) is 0 Å². The van der Waals surface area contributed by atoms with Gasteiger partial charge in [0, 0.05) is 5.92 Å². The Balaban J connectivity index is 2.22. The molecule has 1 aliphatic carbocycles. The normalized spacial score (nSPS) is 18.2. The maximum absolute atomic E-state index is 5.95. The van der Waals surface area contributed by atoms with Gasteiger partial charge in [0.05, 0.1) is 4.99 Å². The molecule has 1 unspecified atom stereocenters. The van der Waals surface area contributed by atoms with Crippen molar-refractivity contribution >= 4 is 17.2 Å². The highest BCUT2D eigenvalue weighted by molar-refractivity contribution is 7.80. The zero-order valence-corrected chi connectivity index (χ0v) is 11.3. The molecule has 1 aromatic rings. The van der Waals surface area contributed by atoms with Gasteiger partial charge in [-0.15, -0.1) is 0 Å². The first-order chi connectivity index (χ1) is 8.22. The predicted molar refractivity (Wildman–Crippen MR) is 77.3 cm³/mol. The molecule has 2 rings (SSSR count). The molecule has 0 spiro atoms. The van der Waals surface area contributed by atoms with Crippen molar-refractivity contribution in [2.24, 2.45) is 11.7 Å². The van der Waals surface area contributed by atoms with Crippen molar-refractivity contribution in [3.63, 3.8) is 0 Å². The van der Waals surface area contributed by atoms with Gasteiger partial charge in [-0.25, -0.2) is 0 Å². The van der Waals surface area contributed by atoms with Crippen LogP contribution in [0.1, 0.15) is 49.7 Å². The molecule has 0 amide bonds. The summed E-state index contributed by atoms with van der Waals surface area (Å²) in [6.07, 6.45) is 6.30. The molecule has 2 N–H and O–H groups in total. The van der Waals surface area contributed by atoms with Gasteiger partial charge in [0.15, 0.2) is 0 Å². The van der Waals surface area contributed by atoms with Crippen LogP contribution in [0.2, 0.25) is 0 Å². The summed E-state index contributed by atoms with van der Waals surface area (Å²) in [5.41, 5.74) is 8.63. The number of aryl methyl sites for hydroxylation is 1. The van der Waals surface area contributed by atoms with Crippen LogP contribution in [0.5, 0.6) is 0 Å². The fourth-order valence-corrected chi connectivity index (χ4v) is 3.25. The van der Waals surface area contributed by atoms with Crippen molar-refractivity contribution in [1.29, 1.82) is 0 Å². The third-order valence-corrected chi connectivity index (χ3v) is 4.18. The van der Waals surface area contributed by atoms with Crippen LogP contribution in [-0.4, -0.2) is 4.99 Å². The molecule has 0 radical (unpaired) electrons. The number of hydrogen-bond donors (Lipinski definition) is 1. The molecule has 1 atom stereocenters. The molecule has 0 aliphatic heterocycles. The van der Waals surface area contributed by atoms with Crippen LogP contribution in [0.4, 0.5) is 0 Å². The summed E-state index contributed by atoms with van der Waals surface area (Å²) in [5.74, 6) is 0.957. The number of hydrogen-bond acceptors (Lipinski definition) is 1. The molecule has 0 saturated heterocycles. The molecule has 17 heavy (non-hydrogen) atoms. The summed E-state index contributed by atoms with van der Waals surface area (Å²) in [4.78, 5) is 0.668. The van der Waals surface area contributed by atoms with Gasteiger partial charge in [-0.3, -0.25) is 0 Å². The second-order valence-corrected chi connectivity index (χ2v) is 5.49. The Bertz CT molecular complexity index is 376. The van der Waals surface area contributed by atoms with Gasteiger partial charge in [-0.1, -0.05) is 56.2 Å². The molecule has 92 valence electrons. The van der Waals surface area contributed by atoms with E-state index in [1.165, 1.54) is 36.8 Å². The molecule has 1 fully saturated rings. The Hall–Kier alpha value is -0.890. The van der Waals surface area contributed by atoms with Crippen molar-refractivity contribution in [3.05, 3.63) is 35.4 Å². The largest absolute Gasteiger partial charge is 0.393 e. The molecule has 1 aromatic carbocycles. The average Bonchev–Trinajstić information content (AvgIpc) is 2.83. The highest BCUT2D eigenvalue weighted by atomic mass is 32.1. The third-order valence-electron chi connectivity index (χ3n) is 3.92. The van der Waals surface area contributed by atoms with Crippen LogP contribution >= 0.6 is 12.2 Å². The highest BCUT2D eigenvalue weighted by Gasteiger charge is 2.28. The van der Waals surface area contributed by atoms with E-state index in [1.807, 2.05) is 0 Å². The Morgan fingerprint density at radius 1 is 1.29 bits per heavy atom. The number of thiocarbonyl (C=S) groups is 1. The van der Waals surface area contributed by atoms with Crippen LogP contribution < -0.4 is 5.73 Å². The monoisotopic (exact) mass is 247 g/mol. The van der Waals surface area contributed by atoms with Crippen molar-refractivity contribution < 1.29 is 0 Å². The Morgan fingerprint density at radius 3 is 2.35 bits per heavy atom. The van der Waals surface area contributed by atoms with Gasteiger partial charge in [0.25, 0.3) is 0 Å².